The van der Waals surface area contributed by atoms with Crippen LogP contribution in [0.2, 0.25) is 13.1 Å². The van der Waals surface area contributed by atoms with Gasteiger partial charge in [0.25, 0.3) is 0 Å². The fraction of sp³-hybridized carbons (Fsp3) is 0.0909. The molecule has 0 atom stereocenters. The predicted octanol–water partition coefficient (Wildman–Crippen LogP) is 13.8. The minimum atomic E-state index is -1.95. The van der Waals surface area contributed by atoms with Crippen LogP contribution >= 0.6 is 0 Å². The summed E-state index contributed by atoms with van der Waals surface area (Å²) in [5.74, 6) is 0. The average Bonchev–Trinajstić information content (AvgIpc) is 3.61. The topological polar surface area (TPSA) is 0 Å². The molecule has 1 aliphatic heterocycles. The van der Waals surface area contributed by atoms with Crippen molar-refractivity contribution < 1.29 is 0 Å². The highest BCUT2D eigenvalue weighted by molar-refractivity contribution is 7.04. The Kier molecular flexibility index (Phi) is 7.15. The third kappa shape index (κ3) is 4.77. The van der Waals surface area contributed by atoms with E-state index in [-0.39, 0.29) is 5.41 Å². The van der Waals surface area contributed by atoms with Crippen LogP contribution in [0.3, 0.4) is 0 Å². The van der Waals surface area contributed by atoms with Crippen LogP contribution in [0.25, 0.3) is 88.3 Å². The second-order valence-electron chi connectivity index (χ2n) is 16.9. The van der Waals surface area contributed by atoms with Crippen LogP contribution in [0.5, 0.6) is 0 Å². The Hall–Kier alpha value is -6.28. The van der Waals surface area contributed by atoms with Crippen LogP contribution in [-0.2, 0) is 5.41 Å². The first-order valence-corrected chi connectivity index (χ1v) is 22.9. The summed E-state index contributed by atoms with van der Waals surface area (Å²) in [5, 5.41) is 8.29. The van der Waals surface area contributed by atoms with Crippen LogP contribution in [0.4, 0.5) is 0 Å². The van der Waals surface area contributed by atoms with Crippen LogP contribution in [0, 0.1) is 0 Å². The molecular formula is C55H42Si. The minimum Gasteiger partial charge on any atom is -0.0623 e. The predicted molar refractivity (Wildman–Crippen MR) is 243 cm³/mol. The molecule has 56 heavy (non-hydrogen) atoms. The summed E-state index contributed by atoms with van der Waals surface area (Å²) in [6, 6.07) is 68.7. The second kappa shape index (κ2) is 12.1. The lowest BCUT2D eigenvalue weighted by molar-refractivity contribution is 0.660. The normalized spacial score (nSPS) is 14.4. The molecule has 0 saturated carbocycles. The second-order valence-corrected chi connectivity index (χ2v) is 21.2. The van der Waals surface area contributed by atoms with Gasteiger partial charge < -0.3 is 0 Å². The van der Waals surface area contributed by atoms with Gasteiger partial charge in [0.2, 0.25) is 0 Å². The molecule has 1 aliphatic carbocycles. The highest BCUT2D eigenvalue weighted by Gasteiger charge is 2.38. The quantitative estimate of drug-likeness (QED) is 0.125. The Morgan fingerprint density at radius 1 is 0.321 bits per heavy atom. The van der Waals surface area contributed by atoms with Crippen LogP contribution in [-0.4, -0.2) is 8.07 Å². The molecule has 2 aliphatic rings. The number of hydrogen-bond acceptors (Lipinski definition) is 0. The molecule has 1 heteroatoms. The molecule has 0 saturated heterocycles. The van der Waals surface area contributed by atoms with Crippen LogP contribution < -0.4 is 10.4 Å². The van der Waals surface area contributed by atoms with Gasteiger partial charge in [-0.3, -0.25) is 0 Å². The molecule has 0 nitrogen and oxygen atoms in total. The van der Waals surface area contributed by atoms with Gasteiger partial charge in [-0.05, 0) is 128 Å². The molecule has 0 radical (unpaired) electrons. The third-order valence-corrected chi connectivity index (χ3v) is 16.6. The maximum atomic E-state index is 2.60. The summed E-state index contributed by atoms with van der Waals surface area (Å²) in [5.41, 5.74) is 18.4. The maximum Gasteiger partial charge on any atom is 0.113 e. The Morgan fingerprint density at radius 3 is 1.59 bits per heavy atom. The fourth-order valence-corrected chi connectivity index (χ4v) is 13.3. The summed E-state index contributed by atoms with van der Waals surface area (Å²) in [6.07, 6.45) is 0. The number of benzene rings is 9. The van der Waals surface area contributed by atoms with E-state index < -0.39 is 8.07 Å². The van der Waals surface area contributed by atoms with Gasteiger partial charge in [0.15, 0.2) is 0 Å². The number of rotatable bonds is 4. The lowest BCUT2D eigenvalue weighted by Gasteiger charge is -2.23. The summed E-state index contributed by atoms with van der Waals surface area (Å²) < 4.78 is 0. The van der Waals surface area contributed by atoms with E-state index in [9.17, 15) is 0 Å². The van der Waals surface area contributed by atoms with Gasteiger partial charge in [0.05, 0.1) is 0 Å². The standard InChI is InChI=1S/C55H42Si/c1-55(2)49-21-13-11-19-41(49)42-29-27-40(32-50(42)55)39-28-30-44-46(31-39)54(37-17-9-6-10-18-37)48-34-52-45(43-20-12-14-22-51(43)56(52,3)4)33-47(48)53(44)38-25-23-36(24-26-38)35-15-7-5-8-16-35/h5-34H,1-4H3. The van der Waals surface area contributed by atoms with Gasteiger partial charge in [-0.15, -0.1) is 0 Å². The molecule has 0 amide bonds. The van der Waals surface area contributed by atoms with Crippen molar-refractivity contribution in [3.05, 3.63) is 193 Å². The van der Waals surface area contributed by atoms with E-state index in [1.54, 1.807) is 0 Å². The number of fused-ring (bicyclic) bond motifs is 8. The van der Waals surface area contributed by atoms with E-state index in [1.807, 2.05) is 0 Å². The van der Waals surface area contributed by atoms with Crippen molar-refractivity contribution in [2.45, 2.75) is 32.4 Å². The molecule has 0 bridgehead atoms. The van der Waals surface area contributed by atoms with Crippen LogP contribution in [0.1, 0.15) is 25.0 Å². The molecule has 0 spiro atoms. The maximum absolute atomic E-state index is 2.60. The first-order valence-electron chi connectivity index (χ1n) is 19.9. The summed E-state index contributed by atoms with van der Waals surface area (Å²) in [7, 11) is -1.95. The van der Waals surface area contributed by atoms with Gasteiger partial charge in [-0.1, -0.05) is 191 Å². The van der Waals surface area contributed by atoms with Crippen molar-refractivity contribution in [1.82, 2.24) is 0 Å². The highest BCUT2D eigenvalue weighted by Crippen LogP contribution is 2.51. The van der Waals surface area contributed by atoms with E-state index in [0.717, 1.165) is 0 Å². The molecule has 0 aromatic heterocycles. The van der Waals surface area contributed by atoms with Gasteiger partial charge >= 0.3 is 0 Å². The molecule has 266 valence electrons. The van der Waals surface area contributed by atoms with E-state index in [4.69, 9.17) is 0 Å². The molecule has 1 heterocycles. The van der Waals surface area contributed by atoms with Gasteiger partial charge in [0, 0.05) is 5.41 Å². The summed E-state index contributed by atoms with van der Waals surface area (Å²) >= 11 is 0. The van der Waals surface area contributed by atoms with Crippen LogP contribution in [0.15, 0.2) is 182 Å². The number of hydrogen-bond donors (Lipinski definition) is 0. The van der Waals surface area contributed by atoms with E-state index in [1.165, 1.54) is 110 Å². The zero-order valence-corrected chi connectivity index (χ0v) is 33.3. The molecule has 9 aromatic rings. The molecule has 0 N–H and O–H groups in total. The first kappa shape index (κ1) is 33.1. The monoisotopic (exact) mass is 730 g/mol. The van der Waals surface area contributed by atoms with Crippen molar-refractivity contribution in [2.24, 2.45) is 0 Å². The summed E-state index contributed by atoms with van der Waals surface area (Å²) in [4.78, 5) is 0. The SMILES string of the molecule is CC1(C)c2ccccc2-c2ccc(-c3ccc4c(-c5ccc(-c6ccccc6)cc5)c5cc6c(cc5c(-c5ccccc5)c4c3)[Si](C)(C)c3ccccc3-6)cc21. The highest BCUT2D eigenvalue weighted by atomic mass is 28.3. The zero-order valence-electron chi connectivity index (χ0n) is 32.3. The van der Waals surface area contributed by atoms with Crippen molar-refractivity contribution in [1.29, 1.82) is 0 Å². The van der Waals surface area contributed by atoms with Gasteiger partial charge in [-0.2, -0.15) is 0 Å². The largest absolute Gasteiger partial charge is 0.113 e. The van der Waals surface area contributed by atoms with Crippen molar-refractivity contribution in [2.75, 3.05) is 0 Å². The van der Waals surface area contributed by atoms with Crippen molar-refractivity contribution in [3.63, 3.8) is 0 Å². The Balaban J connectivity index is 1.21. The lowest BCUT2D eigenvalue weighted by atomic mass is 9.81. The molecule has 0 unspecified atom stereocenters. The Labute approximate surface area is 330 Å². The lowest BCUT2D eigenvalue weighted by Crippen LogP contribution is -2.49. The fourth-order valence-electron chi connectivity index (χ4n) is 10.2. The van der Waals surface area contributed by atoms with E-state index >= 15 is 0 Å². The van der Waals surface area contributed by atoms with Gasteiger partial charge in [-0.25, -0.2) is 0 Å². The average molecular weight is 731 g/mol. The molecule has 9 aromatic carbocycles. The van der Waals surface area contributed by atoms with Crippen molar-refractivity contribution in [3.8, 4) is 66.8 Å². The minimum absolute atomic E-state index is 0.0576. The Morgan fingerprint density at radius 2 is 0.821 bits per heavy atom. The third-order valence-electron chi connectivity index (χ3n) is 13.1. The van der Waals surface area contributed by atoms with Crippen molar-refractivity contribution >= 4 is 40.0 Å². The van der Waals surface area contributed by atoms with E-state index in [0.29, 0.717) is 0 Å². The molecule has 0 fully saturated rings. The summed E-state index contributed by atoms with van der Waals surface area (Å²) in [6.45, 7) is 9.81. The van der Waals surface area contributed by atoms with E-state index in [2.05, 4.69) is 209 Å². The molecule has 11 rings (SSSR count). The zero-order chi connectivity index (χ0) is 37.8. The molecular weight excluding hydrogens is 689 g/mol. The Bertz CT molecular complexity index is 3040. The smallest absolute Gasteiger partial charge is 0.0623 e. The van der Waals surface area contributed by atoms with Gasteiger partial charge in [0.1, 0.15) is 8.07 Å². The first-order chi connectivity index (χ1) is 27.3.